The van der Waals surface area contributed by atoms with Crippen molar-refractivity contribution in [3.8, 4) is 0 Å². The normalized spacial score (nSPS) is 12.2. The number of esters is 1. The van der Waals surface area contributed by atoms with Crippen molar-refractivity contribution >= 4 is 5.97 Å². The second-order valence-corrected chi connectivity index (χ2v) is 4.59. The fourth-order valence-electron chi connectivity index (χ4n) is 1.97. The first-order valence-corrected chi connectivity index (χ1v) is 6.80. The average molecular weight is 273 g/mol. The number of aromatic nitrogens is 3. The topological polar surface area (TPSA) is 67.9 Å². The van der Waals surface area contributed by atoms with Crippen molar-refractivity contribution in [2.24, 2.45) is 0 Å². The molecule has 1 N–H and O–H groups in total. The van der Waals surface area contributed by atoms with Gasteiger partial charge in [0.05, 0.1) is 6.61 Å². The predicted molar refractivity (Wildman–Crippen MR) is 75.4 cm³/mol. The number of nitrogens with zero attached hydrogens (tertiary/aromatic N) is 2. The molecule has 1 aromatic heterocycles. The van der Waals surface area contributed by atoms with E-state index in [9.17, 15) is 4.79 Å². The van der Waals surface area contributed by atoms with Crippen LogP contribution in [0.4, 0.5) is 0 Å². The van der Waals surface area contributed by atoms with Gasteiger partial charge in [0.15, 0.2) is 5.82 Å². The summed E-state index contributed by atoms with van der Waals surface area (Å²) < 4.78 is 5.15. The molecule has 0 aliphatic heterocycles. The van der Waals surface area contributed by atoms with Crippen LogP contribution in [0.25, 0.3) is 0 Å². The van der Waals surface area contributed by atoms with Gasteiger partial charge in [0.1, 0.15) is 11.7 Å². The minimum atomic E-state index is -0.577. The molecule has 2 aromatic rings. The van der Waals surface area contributed by atoms with Gasteiger partial charge in [-0.05, 0) is 19.4 Å². The van der Waals surface area contributed by atoms with Crippen LogP contribution in [0, 0.1) is 6.92 Å². The van der Waals surface area contributed by atoms with Gasteiger partial charge in [0, 0.05) is 6.42 Å². The Bertz CT molecular complexity index is 575. The molecule has 0 fully saturated rings. The summed E-state index contributed by atoms with van der Waals surface area (Å²) in [7, 11) is 0. The van der Waals surface area contributed by atoms with Gasteiger partial charge >= 0.3 is 5.97 Å². The van der Waals surface area contributed by atoms with Gasteiger partial charge in [-0.3, -0.25) is 9.89 Å². The monoisotopic (exact) mass is 273 g/mol. The fraction of sp³-hybridized carbons (Fsp3) is 0.400. The number of hydrogen-bond donors (Lipinski definition) is 1. The lowest BCUT2D eigenvalue weighted by Crippen LogP contribution is -2.18. The van der Waals surface area contributed by atoms with Crippen LogP contribution in [0.15, 0.2) is 24.3 Å². The van der Waals surface area contributed by atoms with E-state index in [0.717, 1.165) is 23.4 Å². The summed E-state index contributed by atoms with van der Waals surface area (Å²) in [5, 5.41) is 7.00. The largest absolute Gasteiger partial charge is 0.465 e. The van der Waals surface area contributed by atoms with Crippen LogP contribution < -0.4 is 0 Å². The number of rotatable bonds is 5. The number of carbonyl (C=O) groups excluding carboxylic acids is 1. The zero-order valence-corrected chi connectivity index (χ0v) is 12.0. The second kappa shape index (κ2) is 6.32. The predicted octanol–water partition coefficient (Wildman–Crippen LogP) is 2.37. The Labute approximate surface area is 118 Å². The molecule has 2 rings (SSSR count). The van der Waals surface area contributed by atoms with E-state index in [4.69, 9.17) is 4.74 Å². The van der Waals surface area contributed by atoms with Gasteiger partial charge in [0.2, 0.25) is 0 Å². The molecule has 0 bridgehead atoms. The number of hydrogen-bond acceptors (Lipinski definition) is 4. The molecule has 1 atom stereocenters. The van der Waals surface area contributed by atoms with Gasteiger partial charge in [-0.15, -0.1) is 0 Å². The third-order valence-corrected chi connectivity index (χ3v) is 3.08. The molecule has 0 saturated heterocycles. The Morgan fingerprint density at radius 1 is 1.30 bits per heavy atom. The standard InChI is InChI=1S/C15H19N3O2/c1-4-12-16-14(18-17-12)13(15(19)20-5-2)11-8-6-10(3)7-9-11/h6-9,13H,4-5H2,1-3H3,(H,16,17,18). The van der Waals surface area contributed by atoms with Crippen LogP contribution in [0.3, 0.4) is 0 Å². The number of benzene rings is 1. The fourth-order valence-corrected chi connectivity index (χ4v) is 1.97. The average Bonchev–Trinajstić information content (AvgIpc) is 2.90. The van der Waals surface area contributed by atoms with E-state index >= 15 is 0 Å². The highest BCUT2D eigenvalue weighted by Crippen LogP contribution is 2.24. The Morgan fingerprint density at radius 2 is 2.00 bits per heavy atom. The number of aryl methyl sites for hydroxylation is 2. The highest BCUT2D eigenvalue weighted by atomic mass is 16.5. The molecule has 0 amide bonds. The quantitative estimate of drug-likeness (QED) is 0.849. The molecular formula is C15H19N3O2. The summed E-state index contributed by atoms with van der Waals surface area (Å²) in [6.07, 6.45) is 0.746. The van der Waals surface area contributed by atoms with Crippen LogP contribution in [0.5, 0.6) is 0 Å². The van der Waals surface area contributed by atoms with Crippen LogP contribution in [0.2, 0.25) is 0 Å². The molecule has 5 heteroatoms. The van der Waals surface area contributed by atoms with Gasteiger partial charge < -0.3 is 4.74 Å². The lowest BCUT2D eigenvalue weighted by molar-refractivity contribution is -0.144. The maximum absolute atomic E-state index is 12.2. The van der Waals surface area contributed by atoms with Gasteiger partial charge in [-0.25, -0.2) is 4.98 Å². The Morgan fingerprint density at radius 3 is 2.55 bits per heavy atom. The number of nitrogens with one attached hydrogen (secondary N) is 1. The maximum atomic E-state index is 12.2. The molecule has 1 unspecified atom stereocenters. The van der Waals surface area contributed by atoms with Crippen molar-refractivity contribution in [2.75, 3.05) is 6.61 Å². The smallest absolute Gasteiger partial charge is 0.321 e. The van der Waals surface area contributed by atoms with Gasteiger partial charge in [-0.1, -0.05) is 36.8 Å². The molecule has 20 heavy (non-hydrogen) atoms. The van der Waals surface area contributed by atoms with Crippen molar-refractivity contribution in [2.45, 2.75) is 33.1 Å². The molecular weight excluding hydrogens is 254 g/mol. The lowest BCUT2D eigenvalue weighted by atomic mass is 9.97. The van der Waals surface area contributed by atoms with E-state index in [2.05, 4.69) is 15.2 Å². The van der Waals surface area contributed by atoms with Gasteiger partial charge in [-0.2, -0.15) is 5.10 Å². The Hall–Kier alpha value is -2.17. The molecule has 0 aliphatic rings. The SMILES string of the molecule is CCOC(=O)C(c1ccc(C)cc1)c1n[nH]c(CC)n1. The summed E-state index contributed by atoms with van der Waals surface area (Å²) in [6.45, 7) is 6.12. The molecule has 106 valence electrons. The van der Waals surface area contributed by atoms with E-state index in [-0.39, 0.29) is 5.97 Å². The van der Waals surface area contributed by atoms with E-state index in [1.165, 1.54) is 0 Å². The summed E-state index contributed by atoms with van der Waals surface area (Å²) in [5.41, 5.74) is 1.98. The van der Waals surface area contributed by atoms with Crippen molar-refractivity contribution in [3.05, 3.63) is 47.0 Å². The van der Waals surface area contributed by atoms with Gasteiger partial charge in [0.25, 0.3) is 0 Å². The molecule has 0 spiro atoms. The number of aromatic amines is 1. The van der Waals surface area contributed by atoms with Crippen LogP contribution >= 0.6 is 0 Å². The molecule has 0 radical (unpaired) electrons. The Kier molecular flexibility index (Phi) is 4.50. The molecule has 0 aliphatic carbocycles. The van der Waals surface area contributed by atoms with Crippen LogP contribution in [-0.4, -0.2) is 27.8 Å². The first kappa shape index (κ1) is 14.2. The molecule has 1 aromatic carbocycles. The minimum Gasteiger partial charge on any atom is -0.465 e. The van der Waals surface area contributed by atoms with E-state index in [1.54, 1.807) is 6.92 Å². The zero-order valence-electron chi connectivity index (χ0n) is 12.0. The second-order valence-electron chi connectivity index (χ2n) is 4.59. The van der Waals surface area contributed by atoms with Crippen molar-refractivity contribution < 1.29 is 9.53 Å². The molecule has 0 saturated carbocycles. The molecule has 5 nitrogen and oxygen atoms in total. The maximum Gasteiger partial charge on any atom is 0.321 e. The lowest BCUT2D eigenvalue weighted by Gasteiger charge is -2.13. The van der Waals surface area contributed by atoms with Crippen molar-refractivity contribution in [1.29, 1.82) is 0 Å². The Balaban J connectivity index is 2.38. The zero-order chi connectivity index (χ0) is 14.5. The van der Waals surface area contributed by atoms with E-state index < -0.39 is 5.92 Å². The number of carbonyl (C=O) groups is 1. The van der Waals surface area contributed by atoms with Crippen LogP contribution in [-0.2, 0) is 16.0 Å². The summed E-state index contributed by atoms with van der Waals surface area (Å²) in [6, 6.07) is 7.77. The summed E-state index contributed by atoms with van der Waals surface area (Å²) >= 11 is 0. The van der Waals surface area contributed by atoms with Crippen LogP contribution in [0.1, 0.15) is 42.5 Å². The van der Waals surface area contributed by atoms with Crippen molar-refractivity contribution in [1.82, 2.24) is 15.2 Å². The summed E-state index contributed by atoms with van der Waals surface area (Å²) in [5.74, 6) is 0.329. The first-order valence-electron chi connectivity index (χ1n) is 6.80. The number of ether oxygens (including phenoxy) is 1. The third kappa shape index (κ3) is 3.04. The number of H-pyrrole nitrogens is 1. The van der Waals surface area contributed by atoms with E-state index in [0.29, 0.717) is 12.4 Å². The third-order valence-electron chi connectivity index (χ3n) is 3.08. The highest BCUT2D eigenvalue weighted by molar-refractivity contribution is 5.81. The highest BCUT2D eigenvalue weighted by Gasteiger charge is 2.28. The van der Waals surface area contributed by atoms with Crippen molar-refractivity contribution in [3.63, 3.8) is 0 Å². The first-order chi connectivity index (χ1) is 9.65. The molecule has 1 heterocycles. The van der Waals surface area contributed by atoms with E-state index in [1.807, 2.05) is 38.1 Å². The summed E-state index contributed by atoms with van der Waals surface area (Å²) in [4.78, 5) is 16.6. The minimum absolute atomic E-state index is 0.321.